The second kappa shape index (κ2) is 5.70. The summed E-state index contributed by atoms with van der Waals surface area (Å²) in [5, 5.41) is 1.19. The minimum atomic E-state index is 0.274. The molecule has 26 heavy (non-hydrogen) atoms. The quantitative estimate of drug-likeness (QED) is 0.693. The molecule has 1 saturated carbocycles. The van der Waals surface area contributed by atoms with Gasteiger partial charge in [0.1, 0.15) is 5.58 Å². The Morgan fingerprint density at radius 3 is 2.69 bits per heavy atom. The van der Waals surface area contributed by atoms with Crippen LogP contribution in [0.4, 0.5) is 0 Å². The highest BCUT2D eigenvalue weighted by molar-refractivity contribution is 5.78. The minimum absolute atomic E-state index is 0.274. The summed E-state index contributed by atoms with van der Waals surface area (Å²) in [4.78, 5) is 4.84. The topological polar surface area (TPSA) is 19.6 Å². The maximum absolute atomic E-state index is 5.52. The van der Waals surface area contributed by atoms with Crippen LogP contribution in [0.5, 0.6) is 0 Å². The normalized spacial score (nSPS) is 21.9. The zero-order valence-electron chi connectivity index (χ0n) is 15.8. The van der Waals surface area contributed by atoms with Crippen molar-refractivity contribution in [1.82, 2.24) is 9.80 Å². The highest BCUT2D eigenvalue weighted by Crippen LogP contribution is 2.50. The highest BCUT2D eigenvalue weighted by Gasteiger charge is 2.46. The SMILES string of the molecule is CN1Cc2cc(C3(N(C)C)CC3)ccc2C(c2ccc3occc3c2)C1. The first-order chi connectivity index (χ1) is 12.6. The molecule has 1 fully saturated rings. The van der Waals surface area contributed by atoms with Gasteiger partial charge in [0, 0.05) is 29.9 Å². The third-order valence-electron chi connectivity index (χ3n) is 6.45. The fourth-order valence-corrected chi connectivity index (χ4v) is 4.74. The van der Waals surface area contributed by atoms with E-state index in [0.29, 0.717) is 5.92 Å². The van der Waals surface area contributed by atoms with E-state index in [9.17, 15) is 0 Å². The van der Waals surface area contributed by atoms with Crippen molar-refractivity contribution in [3.63, 3.8) is 0 Å². The molecule has 1 aromatic heterocycles. The van der Waals surface area contributed by atoms with Gasteiger partial charge < -0.3 is 9.32 Å². The Balaban J connectivity index is 1.57. The third-order valence-corrected chi connectivity index (χ3v) is 6.45. The predicted octanol–water partition coefficient (Wildman–Crippen LogP) is 4.56. The van der Waals surface area contributed by atoms with Gasteiger partial charge >= 0.3 is 0 Å². The number of likely N-dealkylation sites (N-methyl/N-ethyl adjacent to an activating group) is 1. The molecule has 1 unspecified atom stereocenters. The van der Waals surface area contributed by atoms with E-state index < -0.39 is 0 Å². The number of hydrogen-bond acceptors (Lipinski definition) is 3. The van der Waals surface area contributed by atoms with Gasteiger partial charge in [-0.15, -0.1) is 0 Å². The molecule has 0 bridgehead atoms. The Hall–Kier alpha value is -2.10. The Morgan fingerprint density at radius 1 is 1.08 bits per heavy atom. The molecule has 1 aliphatic carbocycles. The fraction of sp³-hybridized carbons (Fsp3) is 0.391. The Kier molecular flexibility index (Phi) is 3.53. The summed E-state index contributed by atoms with van der Waals surface area (Å²) in [7, 11) is 6.65. The number of fused-ring (bicyclic) bond motifs is 2. The Bertz CT molecular complexity index is 967. The van der Waals surface area contributed by atoms with Gasteiger partial charge in [-0.2, -0.15) is 0 Å². The molecular formula is C23H26N2O. The molecule has 2 aliphatic rings. The number of benzene rings is 2. The summed E-state index contributed by atoms with van der Waals surface area (Å²) in [6.07, 6.45) is 4.32. The predicted molar refractivity (Wildman–Crippen MR) is 105 cm³/mol. The zero-order valence-corrected chi connectivity index (χ0v) is 15.8. The molecule has 3 aromatic rings. The lowest BCUT2D eigenvalue weighted by Gasteiger charge is -2.34. The first-order valence-corrected chi connectivity index (χ1v) is 9.53. The Labute approximate surface area is 155 Å². The van der Waals surface area contributed by atoms with Gasteiger partial charge in [-0.05, 0) is 74.4 Å². The van der Waals surface area contributed by atoms with E-state index in [1.807, 2.05) is 0 Å². The average Bonchev–Trinajstić information content (AvgIpc) is 3.32. The molecule has 3 nitrogen and oxygen atoms in total. The Morgan fingerprint density at radius 2 is 1.92 bits per heavy atom. The minimum Gasteiger partial charge on any atom is -0.464 e. The van der Waals surface area contributed by atoms with Crippen LogP contribution in [-0.2, 0) is 12.1 Å². The first-order valence-electron chi connectivity index (χ1n) is 9.53. The molecular weight excluding hydrogens is 320 g/mol. The lowest BCUT2D eigenvalue weighted by atomic mass is 9.83. The molecule has 3 heteroatoms. The smallest absolute Gasteiger partial charge is 0.133 e. The molecule has 2 aromatic carbocycles. The van der Waals surface area contributed by atoms with Crippen LogP contribution < -0.4 is 0 Å². The number of furan rings is 1. The monoisotopic (exact) mass is 346 g/mol. The third kappa shape index (κ3) is 2.42. The van der Waals surface area contributed by atoms with Crippen molar-refractivity contribution in [3.05, 3.63) is 71.0 Å². The van der Waals surface area contributed by atoms with Gasteiger partial charge in [-0.25, -0.2) is 0 Å². The van der Waals surface area contributed by atoms with Crippen LogP contribution in [0.1, 0.15) is 41.0 Å². The lowest BCUT2D eigenvalue weighted by molar-refractivity contribution is 0.272. The highest BCUT2D eigenvalue weighted by atomic mass is 16.3. The lowest BCUT2D eigenvalue weighted by Crippen LogP contribution is -2.32. The maximum atomic E-state index is 5.52. The molecule has 1 aliphatic heterocycles. The molecule has 134 valence electrons. The maximum Gasteiger partial charge on any atom is 0.133 e. The summed E-state index contributed by atoms with van der Waals surface area (Å²) >= 11 is 0. The van der Waals surface area contributed by atoms with E-state index >= 15 is 0 Å². The van der Waals surface area contributed by atoms with Gasteiger partial charge in [-0.3, -0.25) is 4.90 Å². The van der Waals surface area contributed by atoms with Crippen LogP contribution in [0.2, 0.25) is 0 Å². The van der Waals surface area contributed by atoms with Crippen molar-refractivity contribution in [2.45, 2.75) is 30.8 Å². The van der Waals surface area contributed by atoms with Gasteiger partial charge in [0.05, 0.1) is 6.26 Å². The van der Waals surface area contributed by atoms with Crippen LogP contribution in [0.3, 0.4) is 0 Å². The van der Waals surface area contributed by atoms with Crippen LogP contribution in [0.15, 0.2) is 53.1 Å². The second-order valence-corrected chi connectivity index (χ2v) is 8.31. The molecule has 0 amide bonds. The van der Waals surface area contributed by atoms with Crippen LogP contribution in [0, 0.1) is 0 Å². The van der Waals surface area contributed by atoms with Crippen molar-refractivity contribution in [3.8, 4) is 0 Å². The summed E-state index contributed by atoms with van der Waals surface area (Å²) in [6, 6.07) is 15.9. The second-order valence-electron chi connectivity index (χ2n) is 8.31. The molecule has 0 N–H and O–H groups in total. The van der Waals surface area contributed by atoms with Crippen LogP contribution >= 0.6 is 0 Å². The largest absolute Gasteiger partial charge is 0.464 e. The van der Waals surface area contributed by atoms with E-state index in [1.54, 1.807) is 6.26 Å². The van der Waals surface area contributed by atoms with Crippen molar-refractivity contribution < 1.29 is 4.42 Å². The van der Waals surface area contributed by atoms with Crippen molar-refractivity contribution >= 4 is 11.0 Å². The van der Waals surface area contributed by atoms with E-state index in [0.717, 1.165) is 18.7 Å². The van der Waals surface area contributed by atoms with Gasteiger partial charge in [-0.1, -0.05) is 24.3 Å². The van der Waals surface area contributed by atoms with Crippen LogP contribution in [-0.4, -0.2) is 37.5 Å². The number of rotatable bonds is 3. The standard InChI is InChI=1S/C23H26N2O/c1-24(2)23(9-10-23)19-5-6-20-18(13-19)14-25(3)15-21(20)16-4-7-22-17(12-16)8-11-26-22/h4-8,11-13,21H,9-10,14-15H2,1-3H3. The summed E-state index contributed by atoms with van der Waals surface area (Å²) in [6.45, 7) is 2.10. The molecule has 1 atom stereocenters. The van der Waals surface area contributed by atoms with Crippen LogP contribution in [0.25, 0.3) is 11.0 Å². The van der Waals surface area contributed by atoms with Crippen molar-refractivity contribution in [2.24, 2.45) is 0 Å². The van der Waals surface area contributed by atoms with E-state index in [-0.39, 0.29) is 5.54 Å². The molecule has 0 radical (unpaired) electrons. The number of hydrogen-bond donors (Lipinski definition) is 0. The van der Waals surface area contributed by atoms with Crippen molar-refractivity contribution in [1.29, 1.82) is 0 Å². The van der Waals surface area contributed by atoms with Gasteiger partial charge in [0.25, 0.3) is 0 Å². The number of nitrogens with zero attached hydrogens (tertiary/aromatic N) is 2. The average molecular weight is 346 g/mol. The summed E-state index contributed by atoms with van der Waals surface area (Å²) in [5.41, 5.74) is 7.09. The molecule has 0 spiro atoms. The summed E-state index contributed by atoms with van der Waals surface area (Å²) < 4.78 is 5.52. The van der Waals surface area contributed by atoms with Gasteiger partial charge in [0.15, 0.2) is 0 Å². The fourth-order valence-electron chi connectivity index (χ4n) is 4.74. The molecule has 5 rings (SSSR count). The zero-order chi connectivity index (χ0) is 17.9. The van der Waals surface area contributed by atoms with E-state index in [4.69, 9.17) is 4.42 Å². The molecule has 2 heterocycles. The van der Waals surface area contributed by atoms with Gasteiger partial charge in [0.2, 0.25) is 0 Å². The molecule has 0 saturated heterocycles. The van der Waals surface area contributed by atoms with Crippen molar-refractivity contribution in [2.75, 3.05) is 27.7 Å². The van der Waals surface area contributed by atoms with E-state index in [1.165, 1.54) is 40.5 Å². The van der Waals surface area contributed by atoms with E-state index in [2.05, 4.69) is 73.4 Å². The first kappa shape index (κ1) is 16.1. The summed E-state index contributed by atoms with van der Waals surface area (Å²) in [5.74, 6) is 0.423.